The lowest BCUT2D eigenvalue weighted by molar-refractivity contribution is -0.115. The number of hydrogen-bond donors (Lipinski definition) is 1. The van der Waals surface area contributed by atoms with Crippen molar-refractivity contribution in [1.82, 2.24) is 0 Å². The van der Waals surface area contributed by atoms with Crippen LogP contribution >= 0.6 is 23.4 Å². The van der Waals surface area contributed by atoms with Crippen molar-refractivity contribution in [2.75, 3.05) is 5.32 Å². The number of amides is 1. The summed E-state index contributed by atoms with van der Waals surface area (Å²) in [5, 5.41) is 3.28. The highest BCUT2D eigenvalue weighted by Gasteiger charge is 2.22. The number of thioether (sulfide) groups is 1. The van der Waals surface area contributed by atoms with Crippen LogP contribution in [0.25, 0.3) is 0 Å². The Morgan fingerprint density at radius 3 is 2.28 bits per heavy atom. The third-order valence-electron chi connectivity index (χ3n) is 3.80. The van der Waals surface area contributed by atoms with E-state index in [1.54, 1.807) is 6.07 Å². The Morgan fingerprint density at radius 1 is 0.960 bits per heavy atom. The van der Waals surface area contributed by atoms with E-state index in [1.807, 2.05) is 79.7 Å². The number of nitrogens with one attached hydrogen (secondary N) is 1. The molecule has 2 nitrogen and oxygen atoms in total. The smallest absolute Gasteiger partial charge is 0.242 e. The van der Waals surface area contributed by atoms with Gasteiger partial charge >= 0.3 is 0 Å². The lowest BCUT2D eigenvalue weighted by atomic mass is 10.1. The minimum absolute atomic E-state index is 0.0644. The zero-order chi connectivity index (χ0) is 17.6. The molecule has 0 aliphatic carbocycles. The summed E-state index contributed by atoms with van der Waals surface area (Å²) in [7, 11) is 0. The van der Waals surface area contributed by atoms with Crippen LogP contribution in [0, 0.1) is 6.92 Å². The quantitative estimate of drug-likeness (QED) is 0.550. The maximum atomic E-state index is 13.0. The van der Waals surface area contributed by atoms with Crippen LogP contribution < -0.4 is 5.32 Å². The maximum absolute atomic E-state index is 13.0. The van der Waals surface area contributed by atoms with Gasteiger partial charge in [-0.3, -0.25) is 4.79 Å². The van der Waals surface area contributed by atoms with Crippen LogP contribution in [0.1, 0.15) is 16.4 Å². The Morgan fingerprint density at radius 2 is 1.60 bits per heavy atom. The summed E-state index contributed by atoms with van der Waals surface area (Å²) in [5.74, 6) is -0.0644. The van der Waals surface area contributed by atoms with E-state index in [0.29, 0.717) is 5.02 Å². The molecule has 1 N–H and O–H groups in total. The van der Waals surface area contributed by atoms with Crippen molar-refractivity contribution >= 4 is 35.0 Å². The second-order valence-corrected chi connectivity index (χ2v) is 7.29. The molecule has 0 radical (unpaired) electrons. The summed E-state index contributed by atoms with van der Waals surface area (Å²) < 4.78 is 0. The summed E-state index contributed by atoms with van der Waals surface area (Å²) in [5.41, 5.74) is 2.69. The van der Waals surface area contributed by atoms with E-state index in [-0.39, 0.29) is 11.2 Å². The Balaban J connectivity index is 1.88. The molecule has 0 saturated carbocycles. The molecule has 1 unspecified atom stereocenters. The number of benzene rings is 3. The zero-order valence-electron chi connectivity index (χ0n) is 13.8. The minimum atomic E-state index is -0.345. The summed E-state index contributed by atoms with van der Waals surface area (Å²) in [6.45, 7) is 1.95. The molecule has 3 aromatic rings. The predicted octanol–water partition coefficient (Wildman–Crippen LogP) is 6.12. The Labute approximate surface area is 157 Å². The zero-order valence-corrected chi connectivity index (χ0v) is 15.3. The van der Waals surface area contributed by atoms with Crippen LogP contribution in [0.5, 0.6) is 0 Å². The molecule has 0 aliphatic heterocycles. The molecule has 0 bridgehead atoms. The van der Waals surface area contributed by atoms with Gasteiger partial charge in [0, 0.05) is 15.6 Å². The summed E-state index contributed by atoms with van der Waals surface area (Å²) in [6, 6.07) is 25.3. The second-order valence-electron chi connectivity index (χ2n) is 5.67. The van der Waals surface area contributed by atoms with Gasteiger partial charge in [0.2, 0.25) is 5.91 Å². The minimum Gasteiger partial charge on any atom is -0.325 e. The normalized spacial score (nSPS) is 11.8. The van der Waals surface area contributed by atoms with Gasteiger partial charge in [0.1, 0.15) is 5.25 Å². The highest BCUT2D eigenvalue weighted by Crippen LogP contribution is 2.36. The monoisotopic (exact) mass is 367 g/mol. The molecular formula is C21H18ClNOS. The molecule has 3 aromatic carbocycles. The number of anilines is 1. The first-order chi connectivity index (χ1) is 12.1. The molecule has 0 fully saturated rings. The first kappa shape index (κ1) is 17.6. The fourth-order valence-corrected chi connectivity index (χ4v) is 3.68. The highest BCUT2D eigenvalue weighted by atomic mass is 35.5. The third kappa shape index (κ3) is 4.65. The number of aryl methyl sites for hydroxylation is 1. The highest BCUT2D eigenvalue weighted by molar-refractivity contribution is 8.00. The van der Waals surface area contributed by atoms with Crippen molar-refractivity contribution < 1.29 is 4.79 Å². The predicted molar refractivity (Wildman–Crippen MR) is 106 cm³/mol. The number of hydrogen-bond acceptors (Lipinski definition) is 2. The van der Waals surface area contributed by atoms with Crippen molar-refractivity contribution in [3.8, 4) is 0 Å². The summed E-state index contributed by atoms with van der Waals surface area (Å²) in [6.07, 6.45) is 0. The van der Waals surface area contributed by atoms with E-state index in [1.165, 1.54) is 11.8 Å². The van der Waals surface area contributed by atoms with E-state index < -0.39 is 0 Å². The molecule has 25 heavy (non-hydrogen) atoms. The van der Waals surface area contributed by atoms with Crippen molar-refractivity contribution in [2.45, 2.75) is 17.1 Å². The van der Waals surface area contributed by atoms with Crippen LogP contribution in [-0.2, 0) is 4.79 Å². The van der Waals surface area contributed by atoms with Gasteiger partial charge in [0.05, 0.1) is 0 Å². The van der Waals surface area contributed by atoms with Crippen LogP contribution in [-0.4, -0.2) is 5.91 Å². The fourth-order valence-electron chi connectivity index (χ4n) is 2.46. The van der Waals surface area contributed by atoms with E-state index in [2.05, 4.69) is 5.32 Å². The van der Waals surface area contributed by atoms with E-state index in [9.17, 15) is 4.79 Å². The van der Waals surface area contributed by atoms with Crippen LogP contribution in [0.4, 0.5) is 5.69 Å². The lowest BCUT2D eigenvalue weighted by Gasteiger charge is -2.18. The summed E-state index contributed by atoms with van der Waals surface area (Å²) in [4.78, 5) is 14.1. The molecule has 3 rings (SSSR count). The van der Waals surface area contributed by atoms with Gasteiger partial charge in [0.25, 0.3) is 0 Å². The fraction of sp³-hybridized carbons (Fsp3) is 0.0952. The largest absolute Gasteiger partial charge is 0.325 e. The summed E-state index contributed by atoms with van der Waals surface area (Å²) >= 11 is 7.60. The number of rotatable bonds is 5. The van der Waals surface area contributed by atoms with Gasteiger partial charge in [-0.15, -0.1) is 11.8 Å². The first-order valence-corrected chi connectivity index (χ1v) is 9.23. The van der Waals surface area contributed by atoms with Gasteiger partial charge in [-0.2, -0.15) is 0 Å². The number of carbonyl (C=O) groups excluding carboxylic acids is 1. The van der Waals surface area contributed by atoms with Crippen LogP contribution in [0.2, 0.25) is 5.02 Å². The van der Waals surface area contributed by atoms with Gasteiger partial charge < -0.3 is 5.32 Å². The third-order valence-corrected chi connectivity index (χ3v) is 5.30. The molecule has 4 heteroatoms. The van der Waals surface area contributed by atoms with Crippen molar-refractivity contribution in [3.05, 3.63) is 95.0 Å². The van der Waals surface area contributed by atoms with Crippen molar-refractivity contribution in [2.24, 2.45) is 0 Å². The molecule has 1 amide bonds. The maximum Gasteiger partial charge on any atom is 0.242 e. The van der Waals surface area contributed by atoms with Crippen molar-refractivity contribution in [1.29, 1.82) is 0 Å². The SMILES string of the molecule is Cc1ccc(Cl)cc1NC(=O)C(Sc1ccccc1)c1ccccc1. The number of carbonyl (C=O) groups is 1. The lowest BCUT2D eigenvalue weighted by Crippen LogP contribution is -2.19. The van der Waals surface area contributed by atoms with Gasteiger partial charge in [-0.25, -0.2) is 0 Å². The number of halogens is 1. The molecule has 0 saturated heterocycles. The van der Waals surface area contributed by atoms with E-state index in [4.69, 9.17) is 11.6 Å². The Hall–Kier alpha value is -2.23. The Kier molecular flexibility index (Phi) is 5.79. The van der Waals surface area contributed by atoms with Gasteiger partial charge in [-0.1, -0.05) is 66.2 Å². The molecule has 1 atom stereocenters. The van der Waals surface area contributed by atoms with E-state index in [0.717, 1.165) is 21.7 Å². The molecule has 0 aliphatic rings. The molecular weight excluding hydrogens is 350 g/mol. The van der Waals surface area contributed by atoms with Gasteiger partial charge in [0.15, 0.2) is 0 Å². The average Bonchev–Trinajstić information content (AvgIpc) is 2.64. The second kappa shape index (κ2) is 8.24. The van der Waals surface area contributed by atoms with E-state index >= 15 is 0 Å². The molecule has 0 spiro atoms. The van der Waals surface area contributed by atoms with Gasteiger partial charge in [-0.05, 0) is 42.3 Å². The molecule has 126 valence electrons. The van der Waals surface area contributed by atoms with Crippen LogP contribution in [0.15, 0.2) is 83.8 Å². The van der Waals surface area contributed by atoms with Crippen molar-refractivity contribution in [3.63, 3.8) is 0 Å². The average molecular weight is 368 g/mol. The molecule has 0 heterocycles. The topological polar surface area (TPSA) is 29.1 Å². The van der Waals surface area contributed by atoms with Crippen LogP contribution in [0.3, 0.4) is 0 Å². The standard InChI is InChI=1S/C21H18ClNOS/c1-15-12-13-17(22)14-19(15)23-21(24)20(16-8-4-2-5-9-16)25-18-10-6-3-7-11-18/h2-14,20H,1H3,(H,23,24). The first-order valence-electron chi connectivity index (χ1n) is 7.97. The Bertz CT molecular complexity index is 852. The molecule has 0 aromatic heterocycles.